The van der Waals surface area contributed by atoms with Crippen molar-refractivity contribution in [3.63, 3.8) is 0 Å². The van der Waals surface area contributed by atoms with E-state index in [0.29, 0.717) is 26.2 Å². The largest absolute Gasteiger partial charge is 0.480 e. The number of urea groups is 1. The highest BCUT2D eigenvalue weighted by molar-refractivity contribution is 5.74. The molecule has 1 aliphatic rings. The van der Waals surface area contributed by atoms with Crippen LogP contribution in [-0.4, -0.2) is 69.8 Å². The van der Waals surface area contributed by atoms with E-state index in [1.807, 2.05) is 11.8 Å². The summed E-state index contributed by atoms with van der Waals surface area (Å²) in [4.78, 5) is 26.6. The molecule has 1 aromatic heterocycles. The van der Waals surface area contributed by atoms with Gasteiger partial charge in [0.15, 0.2) is 0 Å². The third-order valence-corrected chi connectivity index (χ3v) is 3.59. The highest BCUT2D eigenvalue weighted by atomic mass is 16.4. The molecule has 2 heterocycles. The molecule has 2 rings (SSSR count). The van der Waals surface area contributed by atoms with E-state index in [0.717, 1.165) is 12.0 Å². The standard InChI is InChI=1S/C13H21N5O3/c1-10(11-7-14-15-8-11)16-13(21)18-4-2-3-17(5-6-18)9-12(19)20/h7-8,10H,2-6,9H2,1H3,(H,14,15)(H,16,21)(H,19,20). The van der Waals surface area contributed by atoms with Gasteiger partial charge in [-0.2, -0.15) is 5.10 Å². The molecule has 8 nitrogen and oxygen atoms in total. The molecule has 21 heavy (non-hydrogen) atoms. The zero-order chi connectivity index (χ0) is 15.2. The van der Waals surface area contributed by atoms with Crippen molar-refractivity contribution in [3.05, 3.63) is 18.0 Å². The molecule has 0 aliphatic carbocycles. The molecule has 1 aliphatic heterocycles. The van der Waals surface area contributed by atoms with E-state index in [4.69, 9.17) is 5.11 Å². The van der Waals surface area contributed by atoms with Gasteiger partial charge in [-0.1, -0.05) is 0 Å². The van der Waals surface area contributed by atoms with Gasteiger partial charge in [0.1, 0.15) is 0 Å². The van der Waals surface area contributed by atoms with Crippen molar-refractivity contribution in [2.75, 3.05) is 32.7 Å². The van der Waals surface area contributed by atoms with Gasteiger partial charge in [-0.25, -0.2) is 4.79 Å². The van der Waals surface area contributed by atoms with Crippen LogP contribution < -0.4 is 5.32 Å². The molecular formula is C13H21N5O3. The Kier molecular flexibility index (Phi) is 5.15. The molecule has 0 aromatic carbocycles. The molecule has 8 heteroatoms. The molecule has 0 saturated carbocycles. The van der Waals surface area contributed by atoms with Gasteiger partial charge in [-0.15, -0.1) is 0 Å². The zero-order valence-electron chi connectivity index (χ0n) is 12.1. The quantitative estimate of drug-likeness (QED) is 0.740. The van der Waals surface area contributed by atoms with Crippen LogP contribution in [0.1, 0.15) is 24.9 Å². The van der Waals surface area contributed by atoms with Crippen molar-refractivity contribution < 1.29 is 14.7 Å². The Morgan fingerprint density at radius 3 is 2.90 bits per heavy atom. The SMILES string of the molecule is CC(NC(=O)N1CCCN(CC(=O)O)CC1)c1cn[nH]c1. The molecule has 0 bridgehead atoms. The topological polar surface area (TPSA) is 102 Å². The van der Waals surface area contributed by atoms with Crippen LogP contribution in [0.2, 0.25) is 0 Å². The minimum Gasteiger partial charge on any atom is -0.480 e. The fraction of sp³-hybridized carbons (Fsp3) is 0.615. The number of nitrogens with zero attached hydrogens (tertiary/aromatic N) is 3. The van der Waals surface area contributed by atoms with Crippen molar-refractivity contribution in [2.24, 2.45) is 0 Å². The number of carboxylic acids is 1. The second kappa shape index (κ2) is 7.07. The second-order valence-electron chi connectivity index (χ2n) is 5.21. The molecule has 1 fully saturated rings. The molecule has 1 unspecified atom stereocenters. The fourth-order valence-electron chi connectivity index (χ4n) is 2.38. The Labute approximate surface area is 123 Å². The Hall–Kier alpha value is -2.09. The monoisotopic (exact) mass is 295 g/mol. The summed E-state index contributed by atoms with van der Waals surface area (Å²) in [5.74, 6) is -0.832. The molecule has 1 aromatic rings. The summed E-state index contributed by atoms with van der Waals surface area (Å²) >= 11 is 0. The van der Waals surface area contributed by atoms with Crippen molar-refractivity contribution in [3.8, 4) is 0 Å². The number of hydrogen-bond donors (Lipinski definition) is 3. The number of rotatable bonds is 4. The molecule has 0 radical (unpaired) electrons. The maximum atomic E-state index is 12.2. The lowest BCUT2D eigenvalue weighted by atomic mass is 10.2. The summed E-state index contributed by atoms with van der Waals surface area (Å²) in [6.45, 7) is 4.39. The molecule has 3 N–H and O–H groups in total. The van der Waals surface area contributed by atoms with Crippen LogP contribution in [0.15, 0.2) is 12.4 Å². The van der Waals surface area contributed by atoms with Gasteiger partial charge in [0.25, 0.3) is 0 Å². The van der Waals surface area contributed by atoms with E-state index in [1.54, 1.807) is 17.3 Å². The Balaban J connectivity index is 1.84. The van der Waals surface area contributed by atoms with Gasteiger partial charge in [0.05, 0.1) is 18.8 Å². The van der Waals surface area contributed by atoms with E-state index >= 15 is 0 Å². The summed E-state index contributed by atoms with van der Waals surface area (Å²) in [5, 5.41) is 18.3. The summed E-state index contributed by atoms with van der Waals surface area (Å²) < 4.78 is 0. The third kappa shape index (κ3) is 4.45. The maximum absolute atomic E-state index is 12.2. The molecule has 116 valence electrons. The van der Waals surface area contributed by atoms with Crippen LogP contribution in [0.5, 0.6) is 0 Å². The number of aliphatic carboxylic acids is 1. The first-order valence-electron chi connectivity index (χ1n) is 7.04. The first-order chi connectivity index (χ1) is 10.1. The highest BCUT2D eigenvalue weighted by Crippen LogP contribution is 2.10. The fourth-order valence-corrected chi connectivity index (χ4v) is 2.38. The van der Waals surface area contributed by atoms with Crippen molar-refractivity contribution in [1.82, 2.24) is 25.3 Å². The van der Waals surface area contributed by atoms with Crippen LogP contribution in [0.25, 0.3) is 0 Å². The van der Waals surface area contributed by atoms with Crippen LogP contribution in [0.4, 0.5) is 4.79 Å². The number of H-pyrrole nitrogens is 1. The van der Waals surface area contributed by atoms with Crippen LogP contribution in [0, 0.1) is 0 Å². The lowest BCUT2D eigenvalue weighted by molar-refractivity contribution is -0.138. The predicted octanol–water partition coefficient (Wildman–Crippen LogP) is 0.273. The van der Waals surface area contributed by atoms with E-state index in [1.165, 1.54) is 0 Å². The number of nitrogens with one attached hydrogen (secondary N) is 2. The zero-order valence-corrected chi connectivity index (χ0v) is 12.1. The average Bonchev–Trinajstić information content (AvgIpc) is 2.86. The van der Waals surface area contributed by atoms with Crippen LogP contribution in [-0.2, 0) is 4.79 Å². The summed E-state index contributed by atoms with van der Waals surface area (Å²) in [6.07, 6.45) is 4.21. The van der Waals surface area contributed by atoms with Gasteiger partial charge < -0.3 is 15.3 Å². The first-order valence-corrected chi connectivity index (χ1v) is 7.04. The first kappa shape index (κ1) is 15.3. The number of carbonyl (C=O) groups is 2. The predicted molar refractivity (Wildman–Crippen MR) is 75.8 cm³/mol. The number of hydrogen-bond acceptors (Lipinski definition) is 4. The molecular weight excluding hydrogens is 274 g/mol. The van der Waals surface area contributed by atoms with E-state index in [9.17, 15) is 9.59 Å². The summed E-state index contributed by atoms with van der Waals surface area (Å²) in [7, 11) is 0. The average molecular weight is 295 g/mol. The van der Waals surface area contributed by atoms with Crippen molar-refractivity contribution >= 4 is 12.0 Å². The number of amides is 2. The van der Waals surface area contributed by atoms with E-state index < -0.39 is 5.97 Å². The molecule has 1 saturated heterocycles. The lowest BCUT2D eigenvalue weighted by Crippen LogP contribution is -2.43. The normalized spacial score (nSPS) is 18.0. The minimum absolute atomic E-state index is 0.0287. The number of carbonyl (C=O) groups excluding carboxylic acids is 1. The lowest BCUT2D eigenvalue weighted by Gasteiger charge is -2.23. The Morgan fingerprint density at radius 2 is 2.24 bits per heavy atom. The van der Waals surface area contributed by atoms with Crippen molar-refractivity contribution in [1.29, 1.82) is 0 Å². The third-order valence-electron chi connectivity index (χ3n) is 3.59. The Morgan fingerprint density at radius 1 is 1.43 bits per heavy atom. The minimum atomic E-state index is -0.832. The molecule has 1 atom stereocenters. The number of aromatic amines is 1. The van der Waals surface area contributed by atoms with E-state index in [-0.39, 0.29) is 18.6 Å². The number of carboxylic acid groups (broad SMARTS) is 1. The van der Waals surface area contributed by atoms with Crippen LogP contribution in [0.3, 0.4) is 0 Å². The summed E-state index contributed by atoms with van der Waals surface area (Å²) in [5.41, 5.74) is 0.922. The number of aromatic nitrogens is 2. The summed E-state index contributed by atoms with van der Waals surface area (Å²) in [6, 6.07) is -0.240. The smallest absolute Gasteiger partial charge is 0.317 e. The Bertz CT molecular complexity index is 476. The van der Waals surface area contributed by atoms with Crippen LogP contribution >= 0.6 is 0 Å². The van der Waals surface area contributed by atoms with Crippen molar-refractivity contribution in [2.45, 2.75) is 19.4 Å². The van der Waals surface area contributed by atoms with Gasteiger partial charge in [0, 0.05) is 37.9 Å². The molecule has 2 amide bonds. The van der Waals surface area contributed by atoms with Gasteiger partial charge in [0.2, 0.25) is 0 Å². The highest BCUT2D eigenvalue weighted by Gasteiger charge is 2.21. The maximum Gasteiger partial charge on any atom is 0.317 e. The van der Waals surface area contributed by atoms with E-state index in [2.05, 4.69) is 15.5 Å². The van der Waals surface area contributed by atoms with Gasteiger partial charge >= 0.3 is 12.0 Å². The van der Waals surface area contributed by atoms with Gasteiger partial charge in [-0.05, 0) is 13.3 Å². The molecule has 0 spiro atoms. The second-order valence-corrected chi connectivity index (χ2v) is 5.21. The van der Waals surface area contributed by atoms with Gasteiger partial charge in [-0.3, -0.25) is 14.8 Å².